The average molecular weight is 347 g/mol. The summed E-state index contributed by atoms with van der Waals surface area (Å²) in [6.07, 6.45) is 0. The molecule has 0 saturated carbocycles. The largest absolute Gasteiger partial charge is 0.369 e. The zero-order chi connectivity index (χ0) is 18.5. The van der Waals surface area contributed by atoms with Crippen molar-refractivity contribution in [3.05, 3.63) is 106 Å². The Bertz CT molecular complexity index is 888. The van der Waals surface area contributed by atoms with Crippen LogP contribution in [0.4, 0.5) is 11.4 Å². The Hall–Kier alpha value is -3.67. The van der Waals surface area contributed by atoms with Crippen LogP contribution in [0.2, 0.25) is 0 Å². The summed E-state index contributed by atoms with van der Waals surface area (Å²) in [5.74, 6) is -0.706. The van der Waals surface area contributed by atoms with E-state index < -0.39 is 10.8 Å². The molecule has 3 aromatic carbocycles. The first kappa shape index (κ1) is 17.2. The van der Waals surface area contributed by atoms with Crippen LogP contribution >= 0.6 is 0 Å². The van der Waals surface area contributed by atoms with Crippen molar-refractivity contribution in [2.24, 2.45) is 5.73 Å². The van der Waals surface area contributed by atoms with Crippen molar-refractivity contribution >= 4 is 17.3 Å². The topological polar surface area (TPSA) is 98.3 Å². The third-order valence-electron chi connectivity index (χ3n) is 4.04. The number of carbonyl (C=O) groups is 1. The molecule has 0 bridgehead atoms. The van der Waals surface area contributed by atoms with Gasteiger partial charge < -0.3 is 11.1 Å². The molecule has 0 atom stereocenters. The lowest BCUT2D eigenvalue weighted by Gasteiger charge is -2.21. The van der Waals surface area contributed by atoms with Crippen molar-refractivity contribution in [1.29, 1.82) is 0 Å². The molecule has 0 radical (unpaired) electrons. The molecule has 0 aromatic heterocycles. The SMILES string of the molecule is NC(=O)c1ccc(NC(c2ccccc2)c2ccccc2)c([N+](=O)[O-])c1. The van der Waals surface area contributed by atoms with Crippen molar-refractivity contribution in [3.8, 4) is 0 Å². The van der Waals surface area contributed by atoms with Crippen LogP contribution < -0.4 is 11.1 Å². The Morgan fingerprint density at radius 3 is 1.92 bits per heavy atom. The molecule has 0 fully saturated rings. The van der Waals surface area contributed by atoms with E-state index in [9.17, 15) is 14.9 Å². The molecule has 0 unspecified atom stereocenters. The second-order valence-electron chi connectivity index (χ2n) is 5.75. The van der Waals surface area contributed by atoms with Gasteiger partial charge in [0.25, 0.3) is 5.69 Å². The molecule has 0 aliphatic heterocycles. The molecule has 0 heterocycles. The van der Waals surface area contributed by atoms with Gasteiger partial charge in [0.1, 0.15) is 5.69 Å². The van der Waals surface area contributed by atoms with Gasteiger partial charge in [-0.2, -0.15) is 0 Å². The minimum absolute atomic E-state index is 0.0956. The monoisotopic (exact) mass is 347 g/mol. The van der Waals surface area contributed by atoms with Gasteiger partial charge in [0.15, 0.2) is 0 Å². The van der Waals surface area contributed by atoms with E-state index in [0.717, 1.165) is 11.1 Å². The fourth-order valence-electron chi connectivity index (χ4n) is 2.76. The fourth-order valence-corrected chi connectivity index (χ4v) is 2.76. The number of anilines is 1. The van der Waals surface area contributed by atoms with Gasteiger partial charge in [-0.05, 0) is 23.3 Å². The van der Waals surface area contributed by atoms with E-state index in [0.29, 0.717) is 5.69 Å². The molecule has 0 spiro atoms. The summed E-state index contributed by atoms with van der Waals surface area (Å²) >= 11 is 0. The second-order valence-corrected chi connectivity index (χ2v) is 5.75. The van der Waals surface area contributed by atoms with Gasteiger partial charge in [-0.3, -0.25) is 14.9 Å². The molecule has 6 heteroatoms. The highest BCUT2D eigenvalue weighted by Gasteiger charge is 2.21. The first-order chi connectivity index (χ1) is 12.6. The van der Waals surface area contributed by atoms with E-state index in [2.05, 4.69) is 5.32 Å². The molecule has 6 nitrogen and oxygen atoms in total. The van der Waals surface area contributed by atoms with Crippen molar-refractivity contribution in [2.75, 3.05) is 5.32 Å². The summed E-state index contributed by atoms with van der Waals surface area (Å²) in [6, 6.07) is 23.2. The highest BCUT2D eigenvalue weighted by molar-refractivity contribution is 5.94. The lowest BCUT2D eigenvalue weighted by Crippen LogP contribution is -2.15. The molecule has 3 N–H and O–H groups in total. The minimum Gasteiger partial charge on any atom is -0.369 e. The van der Waals surface area contributed by atoms with Gasteiger partial charge in [-0.1, -0.05) is 60.7 Å². The van der Waals surface area contributed by atoms with Gasteiger partial charge in [0.2, 0.25) is 5.91 Å². The number of nitrogens with one attached hydrogen (secondary N) is 1. The van der Waals surface area contributed by atoms with Crippen LogP contribution in [0.5, 0.6) is 0 Å². The molecular formula is C20H17N3O3. The number of nitro groups is 1. The Morgan fingerprint density at radius 1 is 0.923 bits per heavy atom. The number of nitrogens with zero attached hydrogens (tertiary/aromatic N) is 1. The third-order valence-corrected chi connectivity index (χ3v) is 4.04. The first-order valence-corrected chi connectivity index (χ1v) is 8.01. The van der Waals surface area contributed by atoms with Crippen molar-refractivity contribution in [2.45, 2.75) is 6.04 Å². The normalized spacial score (nSPS) is 10.5. The van der Waals surface area contributed by atoms with Crippen LogP contribution in [0.1, 0.15) is 27.5 Å². The lowest BCUT2D eigenvalue weighted by molar-refractivity contribution is -0.384. The zero-order valence-electron chi connectivity index (χ0n) is 13.8. The number of hydrogen-bond acceptors (Lipinski definition) is 4. The van der Waals surface area contributed by atoms with E-state index in [1.165, 1.54) is 18.2 Å². The first-order valence-electron chi connectivity index (χ1n) is 8.01. The standard InChI is InChI=1S/C20H17N3O3/c21-20(24)16-11-12-17(18(13-16)23(25)26)22-19(14-7-3-1-4-8-14)15-9-5-2-6-10-15/h1-13,19,22H,(H2,21,24). The van der Waals surface area contributed by atoms with E-state index in [4.69, 9.17) is 5.73 Å². The van der Waals surface area contributed by atoms with Crippen LogP contribution in [-0.4, -0.2) is 10.8 Å². The van der Waals surface area contributed by atoms with E-state index >= 15 is 0 Å². The van der Waals surface area contributed by atoms with Crippen LogP contribution in [0.15, 0.2) is 78.9 Å². The zero-order valence-corrected chi connectivity index (χ0v) is 13.8. The summed E-state index contributed by atoms with van der Waals surface area (Å²) in [5.41, 5.74) is 7.38. The molecule has 3 rings (SSSR count). The van der Waals surface area contributed by atoms with Gasteiger partial charge >= 0.3 is 0 Å². The average Bonchev–Trinajstić information content (AvgIpc) is 2.67. The summed E-state index contributed by atoms with van der Waals surface area (Å²) < 4.78 is 0. The highest BCUT2D eigenvalue weighted by Crippen LogP contribution is 2.32. The second kappa shape index (κ2) is 7.48. The maximum atomic E-state index is 11.5. The number of benzene rings is 3. The number of nitro benzene ring substituents is 1. The Kier molecular flexibility index (Phi) is 4.94. The van der Waals surface area contributed by atoms with Gasteiger partial charge in [-0.15, -0.1) is 0 Å². The predicted molar refractivity (Wildman–Crippen MR) is 100.0 cm³/mol. The van der Waals surface area contributed by atoms with Gasteiger partial charge in [-0.25, -0.2) is 0 Å². The maximum Gasteiger partial charge on any atom is 0.293 e. The molecule has 3 aromatic rings. The maximum absolute atomic E-state index is 11.5. The molecule has 26 heavy (non-hydrogen) atoms. The van der Waals surface area contributed by atoms with Crippen molar-refractivity contribution < 1.29 is 9.72 Å². The van der Waals surface area contributed by atoms with E-state index in [1.807, 2.05) is 60.7 Å². The molecule has 0 aliphatic rings. The Balaban J connectivity index is 2.05. The fraction of sp³-hybridized carbons (Fsp3) is 0.0500. The number of hydrogen-bond donors (Lipinski definition) is 2. The minimum atomic E-state index is -0.706. The van der Waals surface area contributed by atoms with Crippen molar-refractivity contribution in [3.63, 3.8) is 0 Å². The molecular weight excluding hydrogens is 330 g/mol. The Morgan fingerprint density at radius 2 is 1.46 bits per heavy atom. The van der Waals surface area contributed by atoms with Crippen LogP contribution in [0.3, 0.4) is 0 Å². The van der Waals surface area contributed by atoms with E-state index in [-0.39, 0.29) is 17.3 Å². The highest BCUT2D eigenvalue weighted by atomic mass is 16.6. The number of nitrogens with two attached hydrogens (primary N) is 1. The summed E-state index contributed by atoms with van der Waals surface area (Å²) in [4.78, 5) is 22.3. The number of amides is 1. The summed E-state index contributed by atoms with van der Waals surface area (Å²) in [7, 11) is 0. The molecule has 0 saturated heterocycles. The lowest BCUT2D eigenvalue weighted by atomic mass is 9.98. The number of primary amides is 1. The summed E-state index contributed by atoms with van der Waals surface area (Å²) in [5, 5.41) is 14.7. The van der Waals surface area contributed by atoms with Crippen LogP contribution in [0, 0.1) is 10.1 Å². The Labute approximate surface area is 150 Å². The third kappa shape index (κ3) is 3.70. The number of rotatable bonds is 6. The molecule has 0 aliphatic carbocycles. The quantitative estimate of drug-likeness (QED) is 0.522. The number of carbonyl (C=O) groups excluding carboxylic acids is 1. The van der Waals surface area contributed by atoms with Crippen LogP contribution in [-0.2, 0) is 0 Å². The van der Waals surface area contributed by atoms with Crippen molar-refractivity contribution in [1.82, 2.24) is 0 Å². The molecule has 130 valence electrons. The van der Waals surface area contributed by atoms with Gasteiger partial charge in [0.05, 0.1) is 11.0 Å². The van der Waals surface area contributed by atoms with Gasteiger partial charge in [0, 0.05) is 11.6 Å². The molecule has 1 amide bonds. The predicted octanol–water partition coefficient (Wildman–Crippen LogP) is 3.90. The van der Waals surface area contributed by atoms with Crippen LogP contribution in [0.25, 0.3) is 0 Å². The smallest absolute Gasteiger partial charge is 0.293 e. The van der Waals surface area contributed by atoms with E-state index in [1.54, 1.807) is 0 Å². The summed E-state index contributed by atoms with van der Waals surface area (Å²) in [6.45, 7) is 0.